The largest absolute Gasteiger partial charge is 0.307 e. The smallest absolute Gasteiger partial charge is 0.126 e. The molecule has 12 rings (SSSR count). The molecule has 0 fully saturated rings. The molecule has 0 saturated heterocycles. The molecule has 7 heteroatoms. The van der Waals surface area contributed by atoms with Gasteiger partial charge in [0.2, 0.25) is 0 Å². The van der Waals surface area contributed by atoms with Crippen LogP contribution in [0.4, 0.5) is 8.78 Å². The molecular formula is C49H25F2N3S2. The van der Waals surface area contributed by atoms with Gasteiger partial charge in [-0.3, -0.25) is 0 Å². The van der Waals surface area contributed by atoms with Gasteiger partial charge < -0.3 is 9.13 Å². The summed E-state index contributed by atoms with van der Waals surface area (Å²) in [7, 11) is 0. The predicted octanol–water partition coefficient (Wildman–Crippen LogP) is 14.4. The lowest BCUT2D eigenvalue weighted by Crippen LogP contribution is -2.04. The average molecular weight is 758 g/mol. The molecule has 0 unspecified atom stereocenters. The van der Waals surface area contributed by atoms with Crippen LogP contribution in [-0.2, 0) is 0 Å². The van der Waals surface area contributed by atoms with Crippen molar-refractivity contribution in [3.8, 4) is 28.6 Å². The number of hydrogen-bond donors (Lipinski definition) is 0. The van der Waals surface area contributed by atoms with Crippen LogP contribution in [0.2, 0.25) is 0 Å². The molecule has 3 nitrogen and oxygen atoms in total. The fraction of sp³-hybridized carbons (Fsp3) is 0. The lowest BCUT2D eigenvalue weighted by atomic mass is 9.98. The van der Waals surface area contributed by atoms with Gasteiger partial charge in [0.15, 0.2) is 0 Å². The topological polar surface area (TPSA) is 33.6 Å². The van der Waals surface area contributed by atoms with E-state index in [-0.39, 0.29) is 0 Å². The Morgan fingerprint density at radius 3 is 1.45 bits per heavy atom. The first-order valence-corrected chi connectivity index (χ1v) is 19.9. The van der Waals surface area contributed by atoms with E-state index in [1.165, 1.54) is 32.3 Å². The Bertz CT molecular complexity index is 3690. The molecule has 0 spiro atoms. The molecule has 0 bridgehead atoms. The van der Waals surface area contributed by atoms with E-state index < -0.39 is 11.6 Å². The predicted molar refractivity (Wildman–Crippen MR) is 231 cm³/mol. The monoisotopic (exact) mass is 757 g/mol. The maximum atomic E-state index is 15.3. The Morgan fingerprint density at radius 1 is 0.446 bits per heavy atom. The van der Waals surface area contributed by atoms with Crippen molar-refractivity contribution in [3.05, 3.63) is 169 Å². The lowest BCUT2D eigenvalue weighted by Gasteiger charge is -2.19. The molecule has 56 heavy (non-hydrogen) atoms. The summed E-state index contributed by atoms with van der Waals surface area (Å²) < 4.78 is 39.6. The number of rotatable bonds is 3. The normalized spacial score (nSPS) is 12.1. The summed E-state index contributed by atoms with van der Waals surface area (Å²) in [4.78, 5) is 0. The number of benzene rings is 8. The van der Waals surface area contributed by atoms with Gasteiger partial charge >= 0.3 is 0 Å². The van der Waals surface area contributed by atoms with Crippen molar-refractivity contribution in [1.29, 1.82) is 5.26 Å². The fourth-order valence-electron chi connectivity index (χ4n) is 8.94. The number of fused-ring (bicyclic) bond motifs is 14. The molecule has 0 aliphatic heterocycles. The third-order valence-corrected chi connectivity index (χ3v) is 13.6. The second-order valence-corrected chi connectivity index (χ2v) is 16.3. The van der Waals surface area contributed by atoms with Gasteiger partial charge in [0.1, 0.15) is 17.7 Å². The van der Waals surface area contributed by atoms with Crippen LogP contribution in [0.3, 0.4) is 0 Å². The van der Waals surface area contributed by atoms with Gasteiger partial charge in [0, 0.05) is 64.1 Å². The third kappa shape index (κ3) is 4.28. The van der Waals surface area contributed by atoms with Gasteiger partial charge in [0.25, 0.3) is 0 Å². The van der Waals surface area contributed by atoms with E-state index in [4.69, 9.17) is 0 Å². The second-order valence-electron chi connectivity index (χ2n) is 14.2. The third-order valence-electron chi connectivity index (χ3n) is 11.2. The van der Waals surface area contributed by atoms with Gasteiger partial charge in [-0.15, -0.1) is 22.7 Å². The standard InChI is InChI=1S/C49H25F2N3S2/c50-29-21-27(22-30(51)24-29)39-25-42(53-40-13-5-1-9-31(40)35-17-19-37-33-11-3-7-15-44(33)55-48(37)46(35)53)28(26-52)23-43(39)54-41-14-6-2-10-32(41)36-18-20-38-34-12-4-8-16-45(34)56-49(38)47(36)54/h1-25H. The summed E-state index contributed by atoms with van der Waals surface area (Å²) in [6, 6.07) is 52.1. The van der Waals surface area contributed by atoms with Crippen LogP contribution in [-0.4, -0.2) is 9.13 Å². The SMILES string of the molecule is N#Cc1cc(-n2c3ccccc3c3ccc4c5ccccc5sc4c32)c(-c2cc(F)cc(F)c2)cc1-n1c2ccccc2c2ccc3c4ccccc4sc3c21. The molecular weight excluding hydrogens is 733 g/mol. The van der Waals surface area contributed by atoms with Crippen LogP contribution in [0.5, 0.6) is 0 Å². The Balaban J connectivity index is 1.27. The number of halogens is 2. The van der Waals surface area contributed by atoms with Crippen molar-refractivity contribution in [1.82, 2.24) is 9.13 Å². The lowest BCUT2D eigenvalue weighted by molar-refractivity contribution is 0.584. The molecule has 8 aromatic carbocycles. The summed E-state index contributed by atoms with van der Waals surface area (Å²) in [6.07, 6.45) is 0. The van der Waals surface area contributed by atoms with Gasteiger partial charge in [-0.25, -0.2) is 8.78 Å². The molecule has 4 aromatic heterocycles. The maximum Gasteiger partial charge on any atom is 0.126 e. The summed E-state index contributed by atoms with van der Waals surface area (Å²) >= 11 is 3.46. The highest BCUT2D eigenvalue weighted by Gasteiger charge is 2.25. The quantitative estimate of drug-likeness (QED) is 0.177. The number of nitriles is 1. The van der Waals surface area contributed by atoms with Gasteiger partial charge in [-0.05, 0) is 54.1 Å². The molecule has 0 N–H and O–H groups in total. The second kappa shape index (κ2) is 11.6. The van der Waals surface area contributed by atoms with Crippen molar-refractivity contribution in [2.24, 2.45) is 0 Å². The van der Waals surface area contributed by atoms with E-state index in [0.29, 0.717) is 28.1 Å². The highest BCUT2D eigenvalue weighted by molar-refractivity contribution is 7.27. The van der Waals surface area contributed by atoms with E-state index in [0.717, 1.165) is 69.9 Å². The van der Waals surface area contributed by atoms with E-state index in [1.807, 2.05) is 36.4 Å². The van der Waals surface area contributed by atoms with E-state index in [2.05, 4.69) is 112 Å². The molecule has 0 saturated carbocycles. The van der Waals surface area contributed by atoms with Crippen LogP contribution in [0.1, 0.15) is 5.56 Å². The summed E-state index contributed by atoms with van der Waals surface area (Å²) in [6.45, 7) is 0. The van der Waals surface area contributed by atoms with Crippen molar-refractivity contribution in [2.75, 3.05) is 0 Å². The van der Waals surface area contributed by atoms with Crippen LogP contribution >= 0.6 is 22.7 Å². The number of hydrogen-bond acceptors (Lipinski definition) is 3. The highest BCUT2D eigenvalue weighted by Crippen LogP contribution is 2.47. The number of thiophene rings is 2. The van der Waals surface area contributed by atoms with Gasteiger partial charge in [-0.1, -0.05) is 97.1 Å². The van der Waals surface area contributed by atoms with Gasteiger partial charge in [0.05, 0.1) is 48.4 Å². The maximum absolute atomic E-state index is 15.3. The molecule has 12 aromatic rings. The number of aromatic nitrogens is 2. The summed E-state index contributed by atoms with van der Waals surface area (Å²) in [5.41, 5.74) is 6.59. The Morgan fingerprint density at radius 2 is 0.911 bits per heavy atom. The van der Waals surface area contributed by atoms with E-state index in [9.17, 15) is 5.26 Å². The Hall–Kier alpha value is -6.85. The summed E-state index contributed by atoms with van der Waals surface area (Å²) in [5.74, 6) is -1.34. The van der Waals surface area contributed by atoms with Crippen molar-refractivity contribution < 1.29 is 8.78 Å². The number of nitrogens with zero attached hydrogens (tertiary/aromatic N) is 3. The van der Waals surface area contributed by atoms with Crippen LogP contribution in [0.25, 0.3) is 106 Å². The minimum Gasteiger partial charge on any atom is -0.307 e. The van der Waals surface area contributed by atoms with Crippen LogP contribution in [0, 0.1) is 23.0 Å². The fourth-order valence-corrected chi connectivity index (χ4v) is 11.4. The Kier molecular flexibility index (Phi) is 6.51. The van der Waals surface area contributed by atoms with Crippen LogP contribution in [0.15, 0.2) is 152 Å². The first-order chi connectivity index (χ1) is 27.6. The van der Waals surface area contributed by atoms with Crippen LogP contribution < -0.4 is 0 Å². The molecule has 0 radical (unpaired) electrons. The minimum absolute atomic E-state index is 0.380. The highest BCUT2D eigenvalue weighted by atomic mass is 32.1. The molecule has 0 amide bonds. The van der Waals surface area contributed by atoms with E-state index in [1.54, 1.807) is 22.7 Å². The molecule has 0 aliphatic rings. The zero-order valence-corrected chi connectivity index (χ0v) is 31.0. The molecule has 0 atom stereocenters. The minimum atomic E-state index is -0.671. The number of para-hydroxylation sites is 2. The molecule has 262 valence electrons. The van der Waals surface area contributed by atoms with Gasteiger partial charge in [-0.2, -0.15) is 5.26 Å². The molecule has 4 heterocycles. The zero-order chi connectivity index (χ0) is 37.2. The first-order valence-electron chi connectivity index (χ1n) is 18.3. The zero-order valence-electron chi connectivity index (χ0n) is 29.3. The van der Waals surface area contributed by atoms with Crippen molar-refractivity contribution in [2.45, 2.75) is 0 Å². The summed E-state index contributed by atoms with van der Waals surface area (Å²) in [5, 5.41) is 20.0. The first kappa shape index (κ1) is 31.5. The van der Waals surface area contributed by atoms with E-state index >= 15 is 8.78 Å². The van der Waals surface area contributed by atoms with Crippen molar-refractivity contribution in [3.63, 3.8) is 0 Å². The Labute approximate surface area is 325 Å². The molecule has 0 aliphatic carbocycles. The van der Waals surface area contributed by atoms with Crippen molar-refractivity contribution >= 4 is 107 Å². The average Bonchev–Trinajstić information content (AvgIpc) is 3.98.